The van der Waals surface area contributed by atoms with Crippen molar-refractivity contribution in [3.63, 3.8) is 0 Å². The molecule has 0 fully saturated rings. The SMILES string of the molecule is O=C(c1cc(Br)c(F)[nH]1)C(Cl)(Cl)Cl. The highest BCUT2D eigenvalue weighted by molar-refractivity contribution is 9.10. The lowest BCUT2D eigenvalue weighted by molar-refractivity contribution is 0.0991. The van der Waals surface area contributed by atoms with Gasteiger partial charge in [0.15, 0.2) is 0 Å². The van der Waals surface area contributed by atoms with E-state index in [0.29, 0.717) is 0 Å². The van der Waals surface area contributed by atoms with Crippen molar-refractivity contribution in [1.82, 2.24) is 4.98 Å². The maximum atomic E-state index is 12.7. The van der Waals surface area contributed by atoms with Crippen LogP contribution in [0.5, 0.6) is 0 Å². The molecule has 1 aromatic rings. The third kappa shape index (κ3) is 2.59. The Hall–Kier alpha value is 0.230. The monoisotopic (exact) mass is 307 g/mol. The van der Waals surface area contributed by atoms with Gasteiger partial charge in [0, 0.05) is 0 Å². The fourth-order valence-electron chi connectivity index (χ4n) is 0.679. The zero-order valence-corrected chi connectivity index (χ0v) is 9.73. The minimum absolute atomic E-state index is 0.0932. The van der Waals surface area contributed by atoms with Crippen molar-refractivity contribution in [2.75, 3.05) is 0 Å². The van der Waals surface area contributed by atoms with Crippen LogP contribution in [0.4, 0.5) is 4.39 Å². The fraction of sp³-hybridized carbons (Fsp3) is 0.167. The summed E-state index contributed by atoms with van der Waals surface area (Å²) in [7, 11) is 0. The minimum Gasteiger partial charge on any atom is -0.328 e. The van der Waals surface area contributed by atoms with Gasteiger partial charge in [0.2, 0.25) is 11.7 Å². The fourth-order valence-corrected chi connectivity index (χ4v) is 1.31. The number of rotatable bonds is 1. The third-order valence-corrected chi connectivity index (χ3v) is 2.32. The molecule has 0 aliphatic heterocycles. The summed E-state index contributed by atoms with van der Waals surface area (Å²) in [6, 6.07) is 1.21. The Balaban J connectivity index is 3.03. The minimum atomic E-state index is -2.07. The highest BCUT2D eigenvalue weighted by atomic mass is 79.9. The molecule has 13 heavy (non-hydrogen) atoms. The van der Waals surface area contributed by atoms with Crippen LogP contribution in [0.3, 0.4) is 0 Å². The molecule has 0 aliphatic carbocycles. The molecule has 0 amide bonds. The van der Waals surface area contributed by atoms with Crippen molar-refractivity contribution in [3.8, 4) is 0 Å². The zero-order chi connectivity index (χ0) is 10.2. The number of halogens is 5. The number of aromatic nitrogens is 1. The summed E-state index contributed by atoms with van der Waals surface area (Å²) < 4.78 is 10.7. The second-order valence-electron chi connectivity index (χ2n) is 2.17. The molecule has 7 heteroatoms. The summed E-state index contributed by atoms with van der Waals surface area (Å²) >= 11 is 18.8. The molecule has 0 spiro atoms. The quantitative estimate of drug-likeness (QED) is 0.625. The van der Waals surface area contributed by atoms with Crippen LogP contribution < -0.4 is 0 Å². The van der Waals surface area contributed by atoms with Gasteiger partial charge in [0.05, 0.1) is 10.2 Å². The van der Waals surface area contributed by atoms with E-state index in [-0.39, 0.29) is 10.2 Å². The number of hydrogen-bond acceptors (Lipinski definition) is 1. The number of hydrogen-bond donors (Lipinski definition) is 1. The molecule has 2 nitrogen and oxygen atoms in total. The smallest absolute Gasteiger partial charge is 0.254 e. The van der Waals surface area contributed by atoms with E-state index in [4.69, 9.17) is 34.8 Å². The molecular weight excluding hydrogens is 307 g/mol. The van der Waals surface area contributed by atoms with Gasteiger partial charge in [-0.25, -0.2) is 0 Å². The highest BCUT2D eigenvalue weighted by Gasteiger charge is 2.33. The predicted molar refractivity (Wildman–Crippen MR) is 53.1 cm³/mol. The molecule has 0 saturated heterocycles. The number of aromatic amines is 1. The number of Topliss-reactive ketones (excluding diaryl/α,β-unsaturated/α-hetero) is 1. The first kappa shape index (κ1) is 11.3. The standard InChI is InChI=1S/C6H2BrCl3FNO/c7-2-1-3(12-5(2)11)4(13)6(8,9)10/h1,12H. The van der Waals surface area contributed by atoms with Gasteiger partial charge in [-0.1, -0.05) is 34.8 Å². The second kappa shape index (κ2) is 3.77. The Kier molecular flexibility index (Phi) is 3.28. The molecule has 0 aliphatic rings. The van der Waals surface area contributed by atoms with Crippen molar-refractivity contribution in [2.24, 2.45) is 0 Å². The highest BCUT2D eigenvalue weighted by Crippen LogP contribution is 2.31. The van der Waals surface area contributed by atoms with Gasteiger partial charge < -0.3 is 4.98 Å². The molecule has 1 N–H and O–H groups in total. The maximum Gasteiger partial charge on any atom is 0.254 e. The van der Waals surface area contributed by atoms with Gasteiger partial charge in [-0.3, -0.25) is 4.79 Å². The Morgan fingerprint density at radius 2 is 2.08 bits per heavy atom. The first-order chi connectivity index (χ1) is 5.82. The first-order valence-electron chi connectivity index (χ1n) is 2.98. The Morgan fingerprint density at radius 3 is 2.38 bits per heavy atom. The van der Waals surface area contributed by atoms with Crippen LogP contribution >= 0.6 is 50.7 Å². The van der Waals surface area contributed by atoms with Gasteiger partial charge >= 0.3 is 0 Å². The summed E-state index contributed by atoms with van der Waals surface area (Å²) in [5.74, 6) is -1.49. The summed E-state index contributed by atoms with van der Waals surface area (Å²) in [5.41, 5.74) is -0.0932. The summed E-state index contributed by atoms with van der Waals surface area (Å²) in [4.78, 5) is 13.4. The average Bonchev–Trinajstić information content (AvgIpc) is 2.29. The number of carbonyl (C=O) groups excluding carboxylic acids is 1. The first-order valence-corrected chi connectivity index (χ1v) is 4.90. The molecule has 0 unspecified atom stereocenters. The average molecular weight is 309 g/mol. The van der Waals surface area contributed by atoms with Gasteiger partial charge in [-0.2, -0.15) is 4.39 Å². The summed E-state index contributed by atoms with van der Waals surface area (Å²) in [6.45, 7) is 0. The van der Waals surface area contributed by atoms with E-state index in [1.54, 1.807) is 0 Å². The molecule has 1 rings (SSSR count). The maximum absolute atomic E-state index is 12.7. The van der Waals surface area contributed by atoms with Gasteiger partial charge in [-0.15, -0.1) is 0 Å². The van der Waals surface area contributed by atoms with Crippen molar-refractivity contribution < 1.29 is 9.18 Å². The van der Waals surface area contributed by atoms with Crippen LogP contribution in [0, 0.1) is 5.95 Å². The van der Waals surface area contributed by atoms with E-state index in [1.807, 2.05) is 0 Å². The van der Waals surface area contributed by atoms with E-state index < -0.39 is 15.5 Å². The molecule has 0 bridgehead atoms. The van der Waals surface area contributed by atoms with Crippen molar-refractivity contribution in [2.45, 2.75) is 3.79 Å². The molecule has 0 radical (unpaired) electrons. The topological polar surface area (TPSA) is 32.9 Å². The second-order valence-corrected chi connectivity index (χ2v) is 5.31. The van der Waals surface area contributed by atoms with Gasteiger partial charge in [-0.05, 0) is 22.0 Å². The van der Waals surface area contributed by atoms with Crippen molar-refractivity contribution in [1.29, 1.82) is 0 Å². The molecule has 0 saturated carbocycles. The Bertz CT molecular complexity index is 327. The molecular formula is C6H2BrCl3FNO. The molecule has 1 aromatic heterocycles. The van der Waals surface area contributed by atoms with Crippen LogP contribution in [-0.4, -0.2) is 14.6 Å². The van der Waals surface area contributed by atoms with Crippen LogP contribution in [0.15, 0.2) is 10.5 Å². The number of alkyl halides is 3. The zero-order valence-electron chi connectivity index (χ0n) is 5.88. The number of H-pyrrole nitrogens is 1. The van der Waals surface area contributed by atoms with Crippen molar-refractivity contribution in [3.05, 3.63) is 22.2 Å². The molecule has 0 atom stereocenters. The normalized spacial score (nSPS) is 11.8. The number of carbonyl (C=O) groups is 1. The van der Waals surface area contributed by atoms with E-state index in [1.165, 1.54) is 6.07 Å². The van der Waals surface area contributed by atoms with E-state index in [2.05, 4.69) is 20.9 Å². The number of ketones is 1. The van der Waals surface area contributed by atoms with Gasteiger partial charge in [0.25, 0.3) is 3.79 Å². The summed E-state index contributed by atoms with van der Waals surface area (Å²) in [5, 5.41) is 0. The molecule has 0 aromatic carbocycles. The van der Waals surface area contributed by atoms with Crippen LogP contribution in [0.2, 0.25) is 0 Å². The Labute approximate surface area is 96.5 Å². The largest absolute Gasteiger partial charge is 0.328 e. The van der Waals surface area contributed by atoms with Crippen LogP contribution in [-0.2, 0) is 0 Å². The number of nitrogens with one attached hydrogen (secondary N) is 1. The van der Waals surface area contributed by atoms with E-state index in [0.717, 1.165) is 0 Å². The van der Waals surface area contributed by atoms with Crippen molar-refractivity contribution >= 4 is 56.5 Å². The van der Waals surface area contributed by atoms with Gasteiger partial charge in [0.1, 0.15) is 0 Å². The Morgan fingerprint density at radius 1 is 1.54 bits per heavy atom. The lowest BCUT2D eigenvalue weighted by Gasteiger charge is -2.06. The lowest BCUT2D eigenvalue weighted by atomic mass is 10.3. The predicted octanol–water partition coefficient (Wildman–Crippen LogP) is 3.47. The summed E-state index contributed by atoms with van der Waals surface area (Å²) in [6.07, 6.45) is 0. The lowest BCUT2D eigenvalue weighted by Crippen LogP contribution is -2.19. The van der Waals surface area contributed by atoms with Crippen LogP contribution in [0.25, 0.3) is 0 Å². The third-order valence-electron chi connectivity index (χ3n) is 1.23. The molecule has 1 heterocycles. The molecule has 72 valence electrons. The van der Waals surface area contributed by atoms with Crippen LogP contribution in [0.1, 0.15) is 10.5 Å². The van der Waals surface area contributed by atoms with E-state index >= 15 is 0 Å². The van der Waals surface area contributed by atoms with E-state index in [9.17, 15) is 9.18 Å².